The zero-order valence-electron chi connectivity index (χ0n) is 11.7. The van der Waals surface area contributed by atoms with Gasteiger partial charge in [-0.15, -0.1) is 0 Å². The molecular formula is C15H19FO4. The largest absolute Gasteiger partial charge is 0.493 e. The number of alkyl halides is 1. The lowest BCUT2D eigenvalue weighted by Crippen LogP contribution is -2.11. The Kier molecular flexibility index (Phi) is 4.47. The van der Waals surface area contributed by atoms with Crippen molar-refractivity contribution in [1.29, 1.82) is 0 Å². The summed E-state index contributed by atoms with van der Waals surface area (Å²) >= 11 is 0. The van der Waals surface area contributed by atoms with Crippen molar-refractivity contribution in [1.82, 2.24) is 0 Å². The Bertz CT molecular complexity index is 497. The predicted octanol–water partition coefficient (Wildman–Crippen LogP) is 3.14. The Morgan fingerprint density at radius 2 is 2.10 bits per heavy atom. The molecule has 0 amide bonds. The number of carboxylic acid groups (broad SMARTS) is 1. The van der Waals surface area contributed by atoms with Crippen molar-refractivity contribution >= 4 is 5.97 Å². The fraction of sp³-hybridized carbons (Fsp3) is 0.533. The van der Waals surface area contributed by atoms with Gasteiger partial charge in [0.1, 0.15) is 6.67 Å². The van der Waals surface area contributed by atoms with E-state index in [0.29, 0.717) is 23.0 Å². The molecule has 0 heterocycles. The summed E-state index contributed by atoms with van der Waals surface area (Å²) < 4.78 is 23.6. The van der Waals surface area contributed by atoms with Gasteiger partial charge in [0.2, 0.25) is 0 Å². The molecule has 1 unspecified atom stereocenters. The first-order valence-electron chi connectivity index (χ1n) is 6.63. The van der Waals surface area contributed by atoms with Crippen LogP contribution in [-0.4, -0.2) is 25.3 Å². The molecule has 1 atom stereocenters. The minimum absolute atomic E-state index is 0.0277. The lowest BCUT2D eigenvalue weighted by atomic mass is 9.89. The van der Waals surface area contributed by atoms with Crippen LogP contribution < -0.4 is 9.47 Å². The van der Waals surface area contributed by atoms with Gasteiger partial charge < -0.3 is 14.6 Å². The molecule has 20 heavy (non-hydrogen) atoms. The molecule has 4 nitrogen and oxygen atoms in total. The monoisotopic (exact) mass is 282 g/mol. The molecule has 1 saturated carbocycles. The number of carbonyl (C=O) groups is 1. The molecule has 1 aromatic rings. The molecule has 1 aliphatic rings. The number of ether oxygens (including phenoxy) is 2. The summed E-state index contributed by atoms with van der Waals surface area (Å²) in [5.41, 5.74) is 1.22. The van der Waals surface area contributed by atoms with Crippen molar-refractivity contribution < 1.29 is 23.8 Å². The number of methoxy groups -OCH3 is 2. The second-order valence-electron chi connectivity index (χ2n) is 5.10. The highest BCUT2D eigenvalue weighted by atomic mass is 19.1. The fourth-order valence-electron chi connectivity index (χ4n) is 2.62. The Morgan fingerprint density at radius 1 is 1.40 bits per heavy atom. The Hall–Kier alpha value is -1.78. The number of hydrogen-bond acceptors (Lipinski definition) is 3. The van der Waals surface area contributed by atoms with E-state index in [1.165, 1.54) is 14.2 Å². The number of aliphatic carboxylic acids is 1. The predicted molar refractivity (Wildman–Crippen MR) is 72.1 cm³/mol. The van der Waals surface area contributed by atoms with Gasteiger partial charge in [-0.25, -0.2) is 4.39 Å². The minimum atomic E-state index is -0.853. The van der Waals surface area contributed by atoms with Gasteiger partial charge in [0, 0.05) is 11.5 Å². The van der Waals surface area contributed by atoms with E-state index >= 15 is 0 Å². The molecule has 0 spiro atoms. The SMILES string of the molecule is COc1cc(CF)cc(C(CC(=O)O)C2CC2)c1OC. The van der Waals surface area contributed by atoms with Crippen LogP contribution in [0.3, 0.4) is 0 Å². The van der Waals surface area contributed by atoms with Gasteiger partial charge in [-0.05, 0) is 36.5 Å². The van der Waals surface area contributed by atoms with Gasteiger partial charge in [0.25, 0.3) is 0 Å². The van der Waals surface area contributed by atoms with Crippen LogP contribution in [0.15, 0.2) is 12.1 Å². The van der Waals surface area contributed by atoms with Crippen molar-refractivity contribution in [3.8, 4) is 11.5 Å². The highest BCUT2D eigenvalue weighted by molar-refractivity contribution is 5.69. The maximum Gasteiger partial charge on any atom is 0.303 e. The maximum absolute atomic E-state index is 13.0. The molecule has 1 fully saturated rings. The maximum atomic E-state index is 13.0. The molecule has 0 radical (unpaired) electrons. The van der Waals surface area contributed by atoms with Gasteiger partial charge in [-0.1, -0.05) is 0 Å². The van der Waals surface area contributed by atoms with Crippen LogP contribution in [0.2, 0.25) is 0 Å². The average Bonchev–Trinajstić information content (AvgIpc) is 3.27. The van der Waals surface area contributed by atoms with E-state index in [9.17, 15) is 9.18 Å². The number of carboxylic acids is 1. The molecule has 0 saturated heterocycles. The van der Waals surface area contributed by atoms with Gasteiger partial charge in [-0.3, -0.25) is 4.79 Å². The molecular weight excluding hydrogens is 263 g/mol. The summed E-state index contributed by atoms with van der Waals surface area (Å²) in [6, 6.07) is 3.29. The van der Waals surface area contributed by atoms with E-state index in [2.05, 4.69) is 0 Å². The van der Waals surface area contributed by atoms with E-state index in [1.54, 1.807) is 12.1 Å². The minimum Gasteiger partial charge on any atom is -0.493 e. The highest BCUT2D eigenvalue weighted by Gasteiger charge is 2.36. The summed E-state index contributed by atoms with van der Waals surface area (Å²) in [5.74, 6) is 0.299. The van der Waals surface area contributed by atoms with E-state index in [4.69, 9.17) is 14.6 Å². The third-order valence-electron chi connectivity index (χ3n) is 3.71. The van der Waals surface area contributed by atoms with Crippen LogP contribution in [0.1, 0.15) is 36.3 Å². The van der Waals surface area contributed by atoms with E-state index < -0.39 is 12.6 Å². The Labute approximate surface area is 117 Å². The topological polar surface area (TPSA) is 55.8 Å². The average molecular weight is 282 g/mol. The quantitative estimate of drug-likeness (QED) is 0.834. The fourth-order valence-corrected chi connectivity index (χ4v) is 2.62. The first-order valence-corrected chi connectivity index (χ1v) is 6.63. The van der Waals surface area contributed by atoms with Gasteiger partial charge >= 0.3 is 5.97 Å². The number of halogens is 1. The normalized spacial score (nSPS) is 15.8. The zero-order chi connectivity index (χ0) is 14.7. The zero-order valence-corrected chi connectivity index (χ0v) is 11.7. The second kappa shape index (κ2) is 6.11. The lowest BCUT2D eigenvalue weighted by Gasteiger charge is -2.20. The Balaban J connectivity index is 2.47. The summed E-state index contributed by atoms with van der Waals surface area (Å²) in [4.78, 5) is 11.1. The van der Waals surface area contributed by atoms with Crippen molar-refractivity contribution in [3.63, 3.8) is 0 Å². The molecule has 2 rings (SSSR count). The summed E-state index contributed by atoms with van der Waals surface area (Å²) in [7, 11) is 3.01. The van der Waals surface area contributed by atoms with Crippen molar-refractivity contribution in [2.24, 2.45) is 5.92 Å². The lowest BCUT2D eigenvalue weighted by molar-refractivity contribution is -0.137. The van der Waals surface area contributed by atoms with Gasteiger partial charge in [0.05, 0.1) is 20.6 Å². The van der Waals surface area contributed by atoms with Crippen molar-refractivity contribution in [2.45, 2.75) is 31.9 Å². The summed E-state index contributed by atoms with van der Waals surface area (Å²) in [6.07, 6.45) is 2.03. The smallest absolute Gasteiger partial charge is 0.303 e. The van der Waals surface area contributed by atoms with Crippen molar-refractivity contribution in [2.75, 3.05) is 14.2 Å². The van der Waals surface area contributed by atoms with Crippen LogP contribution >= 0.6 is 0 Å². The molecule has 0 aliphatic heterocycles. The summed E-state index contributed by atoms with van der Waals surface area (Å²) in [5, 5.41) is 9.09. The molecule has 5 heteroatoms. The first kappa shape index (κ1) is 14.6. The Morgan fingerprint density at radius 3 is 2.55 bits per heavy atom. The molecule has 1 aromatic carbocycles. The van der Waals surface area contributed by atoms with Crippen molar-refractivity contribution in [3.05, 3.63) is 23.3 Å². The van der Waals surface area contributed by atoms with Gasteiger partial charge in [0.15, 0.2) is 11.5 Å². The van der Waals surface area contributed by atoms with E-state index in [0.717, 1.165) is 18.4 Å². The van der Waals surface area contributed by atoms with Crippen LogP contribution in [0.4, 0.5) is 4.39 Å². The number of hydrogen-bond donors (Lipinski definition) is 1. The van der Waals surface area contributed by atoms with Crippen LogP contribution in [-0.2, 0) is 11.5 Å². The van der Waals surface area contributed by atoms with E-state index in [1.807, 2.05) is 0 Å². The number of benzene rings is 1. The number of rotatable bonds is 7. The van der Waals surface area contributed by atoms with Crippen LogP contribution in [0.25, 0.3) is 0 Å². The molecule has 110 valence electrons. The van der Waals surface area contributed by atoms with Crippen LogP contribution in [0, 0.1) is 5.92 Å². The first-order chi connectivity index (χ1) is 9.60. The second-order valence-corrected chi connectivity index (χ2v) is 5.10. The third-order valence-corrected chi connectivity index (χ3v) is 3.71. The molecule has 0 bridgehead atoms. The molecule has 1 N–H and O–H groups in total. The third kappa shape index (κ3) is 3.03. The standard InChI is InChI=1S/C15H19FO4/c1-19-13-6-9(8-16)5-12(15(13)20-2)11(7-14(17)18)10-3-4-10/h5-6,10-11H,3-4,7-8H2,1-2H3,(H,17,18). The van der Waals surface area contributed by atoms with Gasteiger partial charge in [-0.2, -0.15) is 0 Å². The molecule has 1 aliphatic carbocycles. The highest BCUT2D eigenvalue weighted by Crippen LogP contribution is 2.49. The summed E-state index contributed by atoms with van der Waals surface area (Å²) in [6.45, 7) is -0.613. The van der Waals surface area contributed by atoms with Crippen LogP contribution in [0.5, 0.6) is 11.5 Å². The molecule has 0 aromatic heterocycles. The van der Waals surface area contributed by atoms with E-state index in [-0.39, 0.29) is 12.3 Å².